The Morgan fingerprint density at radius 2 is 2.17 bits per heavy atom. The topological polar surface area (TPSA) is 85.5 Å². The SMILES string of the molecule is CCOC(=O)C1CCN(C(=O)c2cc(-c3cccnc3)on2)CC1. The highest BCUT2D eigenvalue weighted by Crippen LogP contribution is 2.23. The van der Waals surface area contributed by atoms with Crippen molar-refractivity contribution in [2.75, 3.05) is 19.7 Å². The maximum atomic E-state index is 12.5. The van der Waals surface area contributed by atoms with Gasteiger partial charge in [0.05, 0.1) is 12.5 Å². The molecule has 3 rings (SSSR count). The second-order valence-electron chi connectivity index (χ2n) is 5.64. The number of likely N-dealkylation sites (tertiary alicyclic amines) is 1. The maximum absolute atomic E-state index is 12.5. The van der Waals surface area contributed by atoms with Gasteiger partial charge in [-0.25, -0.2) is 0 Å². The number of rotatable bonds is 4. The molecule has 126 valence electrons. The number of amides is 1. The summed E-state index contributed by atoms with van der Waals surface area (Å²) in [6, 6.07) is 5.25. The van der Waals surface area contributed by atoms with Crippen molar-refractivity contribution in [3.8, 4) is 11.3 Å². The minimum Gasteiger partial charge on any atom is -0.466 e. The number of aromatic nitrogens is 2. The van der Waals surface area contributed by atoms with E-state index in [0.717, 1.165) is 5.56 Å². The van der Waals surface area contributed by atoms with Crippen LogP contribution in [0.2, 0.25) is 0 Å². The molecular formula is C17H19N3O4. The van der Waals surface area contributed by atoms with E-state index in [-0.39, 0.29) is 23.5 Å². The van der Waals surface area contributed by atoms with E-state index >= 15 is 0 Å². The number of nitrogens with zero attached hydrogens (tertiary/aromatic N) is 3. The van der Waals surface area contributed by atoms with Gasteiger partial charge in [0.2, 0.25) is 0 Å². The van der Waals surface area contributed by atoms with Crippen molar-refractivity contribution >= 4 is 11.9 Å². The first-order valence-electron chi connectivity index (χ1n) is 8.02. The van der Waals surface area contributed by atoms with E-state index in [4.69, 9.17) is 9.26 Å². The maximum Gasteiger partial charge on any atom is 0.309 e. The van der Waals surface area contributed by atoms with Crippen molar-refractivity contribution in [3.63, 3.8) is 0 Å². The van der Waals surface area contributed by atoms with Crippen LogP contribution in [0.3, 0.4) is 0 Å². The zero-order valence-electron chi connectivity index (χ0n) is 13.5. The summed E-state index contributed by atoms with van der Waals surface area (Å²) in [5, 5.41) is 3.87. The van der Waals surface area contributed by atoms with Gasteiger partial charge in [0.1, 0.15) is 0 Å². The highest BCUT2D eigenvalue weighted by molar-refractivity contribution is 5.93. The first kappa shape index (κ1) is 16.2. The fourth-order valence-corrected chi connectivity index (χ4v) is 2.76. The number of hydrogen-bond acceptors (Lipinski definition) is 6. The summed E-state index contributed by atoms with van der Waals surface area (Å²) in [6.45, 7) is 3.20. The highest BCUT2D eigenvalue weighted by atomic mass is 16.5. The van der Waals surface area contributed by atoms with Gasteiger partial charge in [-0.15, -0.1) is 0 Å². The van der Waals surface area contributed by atoms with E-state index in [1.807, 2.05) is 6.07 Å². The normalized spacial score (nSPS) is 15.3. The van der Waals surface area contributed by atoms with E-state index in [2.05, 4.69) is 10.1 Å². The van der Waals surface area contributed by atoms with Gasteiger partial charge in [-0.2, -0.15) is 0 Å². The van der Waals surface area contributed by atoms with Crippen LogP contribution in [0, 0.1) is 5.92 Å². The minimum atomic E-state index is -0.184. The summed E-state index contributed by atoms with van der Waals surface area (Å²) in [4.78, 5) is 30.0. The lowest BCUT2D eigenvalue weighted by Crippen LogP contribution is -2.40. The molecule has 1 fully saturated rings. The molecule has 0 saturated carbocycles. The molecule has 1 aliphatic heterocycles. The average Bonchev–Trinajstić information content (AvgIpc) is 3.12. The smallest absolute Gasteiger partial charge is 0.309 e. The zero-order valence-corrected chi connectivity index (χ0v) is 13.5. The lowest BCUT2D eigenvalue weighted by Gasteiger charge is -2.30. The van der Waals surface area contributed by atoms with E-state index in [1.165, 1.54) is 0 Å². The van der Waals surface area contributed by atoms with E-state index in [0.29, 0.717) is 38.3 Å². The monoisotopic (exact) mass is 329 g/mol. The lowest BCUT2D eigenvalue weighted by molar-refractivity contribution is -0.149. The van der Waals surface area contributed by atoms with E-state index < -0.39 is 0 Å². The van der Waals surface area contributed by atoms with Gasteiger partial charge in [0.25, 0.3) is 5.91 Å². The van der Waals surface area contributed by atoms with Gasteiger partial charge in [-0.05, 0) is 31.9 Å². The van der Waals surface area contributed by atoms with Crippen LogP contribution in [0.25, 0.3) is 11.3 Å². The third kappa shape index (κ3) is 3.45. The Hall–Kier alpha value is -2.70. The summed E-state index contributed by atoms with van der Waals surface area (Å²) < 4.78 is 10.3. The molecule has 1 amide bonds. The second kappa shape index (κ2) is 7.25. The van der Waals surface area contributed by atoms with Crippen molar-refractivity contribution in [3.05, 3.63) is 36.3 Å². The van der Waals surface area contributed by atoms with Gasteiger partial charge in [0, 0.05) is 37.1 Å². The van der Waals surface area contributed by atoms with Crippen LogP contribution in [0.5, 0.6) is 0 Å². The molecule has 0 N–H and O–H groups in total. The van der Waals surface area contributed by atoms with Crippen LogP contribution in [0.15, 0.2) is 35.1 Å². The van der Waals surface area contributed by atoms with E-state index in [1.54, 1.807) is 36.4 Å². The first-order valence-corrected chi connectivity index (χ1v) is 8.02. The Bertz CT molecular complexity index is 706. The van der Waals surface area contributed by atoms with Crippen LogP contribution >= 0.6 is 0 Å². The average molecular weight is 329 g/mol. The standard InChI is InChI=1S/C17H19N3O4/c1-2-23-17(22)12-5-8-20(9-6-12)16(21)14-10-15(24-19-14)13-4-3-7-18-11-13/h3-4,7,10-12H,2,5-6,8-9H2,1H3. The second-order valence-corrected chi connectivity index (χ2v) is 5.64. The van der Waals surface area contributed by atoms with Crippen LogP contribution in [-0.2, 0) is 9.53 Å². The summed E-state index contributed by atoms with van der Waals surface area (Å²) in [6.07, 6.45) is 4.54. The molecule has 2 aromatic heterocycles. The molecule has 0 aliphatic carbocycles. The van der Waals surface area contributed by atoms with Gasteiger partial charge >= 0.3 is 5.97 Å². The van der Waals surface area contributed by atoms with E-state index in [9.17, 15) is 9.59 Å². The molecule has 0 aromatic carbocycles. The van der Waals surface area contributed by atoms with Gasteiger partial charge < -0.3 is 14.2 Å². The fraction of sp³-hybridized carbons (Fsp3) is 0.412. The lowest BCUT2D eigenvalue weighted by atomic mass is 9.97. The summed E-state index contributed by atoms with van der Waals surface area (Å²) in [5.41, 5.74) is 1.04. The Morgan fingerprint density at radius 3 is 2.83 bits per heavy atom. The van der Waals surface area contributed by atoms with Crippen molar-refractivity contribution in [2.45, 2.75) is 19.8 Å². The number of esters is 1. The van der Waals surface area contributed by atoms with Crippen LogP contribution in [0.4, 0.5) is 0 Å². The third-order valence-corrected chi connectivity index (χ3v) is 4.08. The molecule has 0 unspecified atom stereocenters. The molecule has 0 atom stereocenters. The van der Waals surface area contributed by atoms with Gasteiger partial charge in [-0.1, -0.05) is 5.16 Å². The molecule has 0 radical (unpaired) electrons. The molecule has 1 saturated heterocycles. The Balaban J connectivity index is 1.62. The molecule has 24 heavy (non-hydrogen) atoms. The van der Waals surface area contributed by atoms with Crippen molar-refractivity contribution < 1.29 is 18.8 Å². The third-order valence-electron chi connectivity index (χ3n) is 4.08. The molecular weight excluding hydrogens is 310 g/mol. The number of carbonyl (C=O) groups is 2. The summed E-state index contributed by atoms with van der Waals surface area (Å²) in [5.74, 6) is 0.0196. The molecule has 7 heteroatoms. The predicted octanol–water partition coefficient (Wildman–Crippen LogP) is 2.15. The molecule has 7 nitrogen and oxygen atoms in total. The number of piperidine rings is 1. The molecule has 3 heterocycles. The molecule has 1 aliphatic rings. The first-order chi connectivity index (χ1) is 11.7. The minimum absolute atomic E-state index is 0.128. The Labute approximate surface area is 139 Å². The summed E-state index contributed by atoms with van der Waals surface area (Å²) in [7, 11) is 0. The number of hydrogen-bond donors (Lipinski definition) is 0. The summed E-state index contributed by atoms with van der Waals surface area (Å²) >= 11 is 0. The molecule has 0 bridgehead atoms. The molecule has 2 aromatic rings. The quantitative estimate of drug-likeness (QED) is 0.799. The Morgan fingerprint density at radius 1 is 1.38 bits per heavy atom. The largest absolute Gasteiger partial charge is 0.466 e. The Kier molecular flexibility index (Phi) is 4.88. The van der Waals surface area contributed by atoms with Crippen molar-refractivity contribution in [1.29, 1.82) is 0 Å². The number of pyridine rings is 1. The molecule has 0 spiro atoms. The van der Waals surface area contributed by atoms with Crippen LogP contribution in [-0.4, -0.2) is 46.6 Å². The van der Waals surface area contributed by atoms with Crippen molar-refractivity contribution in [2.24, 2.45) is 5.92 Å². The van der Waals surface area contributed by atoms with Crippen molar-refractivity contribution in [1.82, 2.24) is 15.0 Å². The van der Waals surface area contributed by atoms with Gasteiger partial charge in [0.15, 0.2) is 11.5 Å². The fourth-order valence-electron chi connectivity index (χ4n) is 2.76. The number of carbonyl (C=O) groups excluding carboxylic acids is 2. The van der Waals surface area contributed by atoms with Crippen LogP contribution in [0.1, 0.15) is 30.3 Å². The van der Waals surface area contributed by atoms with Gasteiger partial charge in [-0.3, -0.25) is 14.6 Å². The zero-order chi connectivity index (χ0) is 16.9. The van der Waals surface area contributed by atoms with Crippen LogP contribution < -0.4 is 0 Å². The number of ether oxygens (including phenoxy) is 1. The predicted molar refractivity (Wildman–Crippen MR) is 85.0 cm³/mol. The highest BCUT2D eigenvalue weighted by Gasteiger charge is 2.29.